The molecule has 0 aliphatic carbocycles. The molecule has 234 valence electrons. The smallest absolute Gasteiger partial charge is 0.295 e. The number of hydrogen-bond donors (Lipinski definition) is 1. The summed E-state index contributed by atoms with van der Waals surface area (Å²) < 4.78 is 23.0. The van der Waals surface area contributed by atoms with E-state index in [4.69, 9.17) is 18.9 Å². The molecule has 2 aliphatic rings. The highest BCUT2D eigenvalue weighted by molar-refractivity contribution is 6.46. The number of carbonyl (C=O) groups is 2. The summed E-state index contributed by atoms with van der Waals surface area (Å²) in [5, 5.41) is 11.6. The lowest BCUT2D eigenvalue weighted by atomic mass is 9.94. The van der Waals surface area contributed by atoms with Gasteiger partial charge in [-0.1, -0.05) is 39.2 Å². The number of ketones is 1. The summed E-state index contributed by atoms with van der Waals surface area (Å²) in [5.41, 5.74) is 2.02. The molecule has 0 aromatic heterocycles. The zero-order valence-corrected chi connectivity index (χ0v) is 26.0. The van der Waals surface area contributed by atoms with Crippen LogP contribution in [0.1, 0.15) is 68.7 Å². The average molecular weight is 595 g/mol. The van der Waals surface area contributed by atoms with Crippen LogP contribution in [0.5, 0.6) is 17.2 Å². The first-order valence-electron chi connectivity index (χ1n) is 15.5. The Bertz CT molecular complexity index is 1290. The topological polar surface area (TPSA) is 97.8 Å². The monoisotopic (exact) mass is 594 g/mol. The van der Waals surface area contributed by atoms with Gasteiger partial charge in [-0.05, 0) is 61.2 Å². The number of aryl methyl sites for hydroxylation is 1. The summed E-state index contributed by atoms with van der Waals surface area (Å²) >= 11 is 0. The molecule has 2 fully saturated rings. The van der Waals surface area contributed by atoms with Gasteiger partial charge in [0.25, 0.3) is 11.7 Å². The van der Waals surface area contributed by atoms with Crippen molar-refractivity contribution in [1.29, 1.82) is 0 Å². The van der Waals surface area contributed by atoms with Crippen LogP contribution in [0.15, 0.2) is 42.0 Å². The quantitative estimate of drug-likeness (QED) is 0.125. The van der Waals surface area contributed by atoms with Crippen molar-refractivity contribution in [3.8, 4) is 17.2 Å². The Balaban J connectivity index is 1.71. The van der Waals surface area contributed by atoms with E-state index in [-0.39, 0.29) is 11.3 Å². The molecule has 2 aromatic carbocycles. The van der Waals surface area contributed by atoms with Gasteiger partial charge in [0, 0.05) is 31.7 Å². The molecule has 0 radical (unpaired) electrons. The third-order valence-electron chi connectivity index (χ3n) is 8.01. The maximum atomic E-state index is 13.6. The van der Waals surface area contributed by atoms with Crippen molar-refractivity contribution in [2.75, 3.05) is 59.7 Å². The molecule has 2 saturated heterocycles. The molecule has 0 saturated carbocycles. The number of aliphatic hydroxyl groups is 1. The minimum absolute atomic E-state index is 0.0599. The molecule has 1 atom stereocenters. The van der Waals surface area contributed by atoms with Crippen LogP contribution >= 0.6 is 0 Å². The van der Waals surface area contributed by atoms with Gasteiger partial charge in [-0.3, -0.25) is 14.5 Å². The number of likely N-dealkylation sites (tertiary alicyclic amines) is 1. The van der Waals surface area contributed by atoms with Crippen molar-refractivity contribution in [1.82, 2.24) is 9.80 Å². The number of Topliss-reactive ketones (excluding diaryl/α,β-unsaturated/α-hetero) is 1. The number of aliphatic hydroxyl groups excluding tert-OH is 1. The van der Waals surface area contributed by atoms with Crippen molar-refractivity contribution < 1.29 is 33.6 Å². The molecule has 2 aliphatic heterocycles. The summed E-state index contributed by atoms with van der Waals surface area (Å²) in [4.78, 5) is 30.9. The Morgan fingerprint density at radius 2 is 1.60 bits per heavy atom. The number of carbonyl (C=O) groups excluding carboxylic acids is 2. The predicted molar refractivity (Wildman–Crippen MR) is 166 cm³/mol. The van der Waals surface area contributed by atoms with Gasteiger partial charge in [-0.2, -0.15) is 0 Å². The third kappa shape index (κ3) is 7.89. The van der Waals surface area contributed by atoms with Crippen LogP contribution in [0.2, 0.25) is 0 Å². The zero-order valence-electron chi connectivity index (χ0n) is 26.0. The Morgan fingerprint density at radius 1 is 0.907 bits per heavy atom. The lowest BCUT2D eigenvalue weighted by Gasteiger charge is -2.31. The fourth-order valence-electron chi connectivity index (χ4n) is 5.48. The van der Waals surface area contributed by atoms with Crippen molar-refractivity contribution in [3.63, 3.8) is 0 Å². The van der Waals surface area contributed by atoms with Crippen LogP contribution in [0, 0.1) is 6.92 Å². The maximum Gasteiger partial charge on any atom is 0.295 e. The Labute approximate surface area is 255 Å². The first-order valence-corrected chi connectivity index (χ1v) is 15.5. The molecule has 1 unspecified atom stereocenters. The van der Waals surface area contributed by atoms with E-state index in [1.54, 1.807) is 36.3 Å². The van der Waals surface area contributed by atoms with Gasteiger partial charge in [-0.25, -0.2) is 0 Å². The van der Waals surface area contributed by atoms with E-state index in [0.29, 0.717) is 62.1 Å². The minimum Gasteiger partial charge on any atom is -0.507 e. The number of ether oxygens (including phenoxy) is 4. The molecule has 43 heavy (non-hydrogen) atoms. The summed E-state index contributed by atoms with van der Waals surface area (Å²) in [6.07, 6.45) is 5.08. The lowest BCUT2D eigenvalue weighted by molar-refractivity contribution is -0.140. The van der Waals surface area contributed by atoms with Crippen molar-refractivity contribution in [2.45, 2.75) is 58.9 Å². The number of benzene rings is 2. The number of hydrogen-bond acceptors (Lipinski definition) is 8. The van der Waals surface area contributed by atoms with Gasteiger partial charge in [-0.15, -0.1) is 0 Å². The summed E-state index contributed by atoms with van der Waals surface area (Å²) in [6, 6.07) is 10.0. The van der Waals surface area contributed by atoms with Crippen LogP contribution in [0.4, 0.5) is 0 Å². The molecule has 1 amide bonds. The molecule has 2 heterocycles. The van der Waals surface area contributed by atoms with E-state index in [2.05, 4.69) is 18.7 Å². The van der Waals surface area contributed by atoms with Crippen LogP contribution in [-0.2, 0) is 14.3 Å². The number of rotatable bonds is 15. The number of amides is 1. The van der Waals surface area contributed by atoms with Crippen LogP contribution < -0.4 is 14.2 Å². The highest BCUT2D eigenvalue weighted by atomic mass is 16.5. The third-order valence-corrected chi connectivity index (χ3v) is 8.01. The summed E-state index contributed by atoms with van der Waals surface area (Å²) in [7, 11) is 1.57. The van der Waals surface area contributed by atoms with E-state index in [1.165, 1.54) is 0 Å². The minimum atomic E-state index is -0.787. The second kappa shape index (κ2) is 15.8. The highest BCUT2D eigenvalue weighted by Gasteiger charge is 2.46. The van der Waals surface area contributed by atoms with E-state index in [0.717, 1.165) is 56.5 Å². The highest BCUT2D eigenvalue weighted by Crippen LogP contribution is 2.42. The van der Waals surface area contributed by atoms with Gasteiger partial charge in [0.2, 0.25) is 0 Å². The van der Waals surface area contributed by atoms with Crippen molar-refractivity contribution in [2.24, 2.45) is 0 Å². The van der Waals surface area contributed by atoms with E-state index >= 15 is 0 Å². The number of methoxy groups -OCH3 is 1. The van der Waals surface area contributed by atoms with E-state index in [1.807, 2.05) is 19.1 Å². The normalized spacial score (nSPS) is 18.7. The van der Waals surface area contributed by atoms with Crippen LogP contribution in [0.3, 0.4) is 0 Å². The fraction of sp³-hybridized carbons (Fsp3) is 0.529. The molecule has 9 heteroatoms. The molecule has 0 spiro atoms. The second-order valence-corrected chi connectivity index (χ2v) is 11.1. The van der Waals surface area contributed by atoms with Crippen LogP contribution in [-0.4, -0.2) is 86.3 Å². The maximum absolute atomic E-state index is 13.6. The van der Waals surface area contributed by atoms with Gasteiger partial charge in [0.1, 0.15) is 11.5 Å². The van der Waals surface area contributed by atoms with Crippen molar-refractivity contribution >= 4 is 17.4 Å². The second-order valence-electron chi connectivity index (χ2n) is 11.1. The lowest BCUT2D eigenvalue weighted by Crippen LogP contribution is -2.42. The Morgan fingerprint density at radius 3 is 2.30 bits per heavy atom. The average Bonchev–Trinajstić information content (AvgIpc) is 3.28. The number of nitrogens with zero attached hydrogens (tertiary/aromatic N) is 2. The van der Waals surface area contributed by atoms with Gasteiger partial charge in [0.15, 0.2) is 11.5 Å². The van der Waals surface area contributed by atoms with Gasteiger partial charge in [0.05, 0.1) is 45.2 Å². The molecular formula is C34H46N2O7. The molecule has 1 N–H and O–H groups in total. The Hall–Kier alpha value is -3.56. The van der Waals surface area contributed by atoms with E-state index in [9.17, 15) is 14.7 Å². The number of morpholine rings is 1. The Kier molecular flexibility index (Phi) is 11.9. The molecule has 9 nitrogen and oxygen atoms in total. The molecule has 2 aromatic rings. The molecular weight excluding hydrogens is 548 g/mol. The summed E-state index contributed by atoms with van der Waals surface area (Å²) in [6.45, 7) is 11.0. The molecule has 4 rings (SSSR count). The standard InChI is InChI=1S/C34H46N2O7/c1-5-7-9-19-43-28-13-10-25(23-29(28)40-4)31-30(32(37)26-11-12-27(24(3)22-26)42-18-8-6-2)33(38)34(39)36(31)15-14-35-16-20-41-21-17-35/h10-13,22-23,31,37H,5-9,14-21H2,1-4H3. The van der Waals surface area contributed by atoms with Gasteiger partial charge >= 0.3 is 0 Å². The first kappa shape index (κ1) is 32.4. The zero-order chi connectivity index (χ0) is 30.8. The van der Waals surface area contributed by atoms with Crippen molar-refractivity contribution in [3.05, 3.63) is 58.7 Å². The van der Waals surface area contributed by atoms with Gasteiger partial charge < -0.3 is 29.0 Å². The fourth-order valence-corrected chi connectivity index (χ4v) is 5.48. The SMILES string of the molecule is CCCCCOc1ccc(C2C(=C(O)c3ccc(OCCCC)c(C)c3)C(=O)C(=O)N2CCN2CCOCC2)cc1OC. The number of unbranched alkanes of at least 4 members (excludes halogenated alkanes) is 3. The largest absolute Gasteiger partial charge is 0.507 e. The van der Waals surface area contributed by atoms with E-state index < -0.39 is 17.7 Å². The predicted octanol–water partition coefficient (Wildman–Crippen LogP) is 5.51. The summed E-state index contributed by atoms with van der Waals surface area (Å²) in [5.74, 6) is 0.296. The molecule has 0 bridgehead atoms. The van der Waals surface area contributed by atoms with Crippen LogP contribution in [0.25, 0.3) is 5.76 Å². The first-order chi connectivity index (χ1) is 20.9.